The first-order valence-corrected chi connectivity index (χ1v) is 16.0. The lowest BCUT2D eigenvalue weighted by atomic mass is 9.78. The van der Waals surface area contributed by atoms with E-state index in [-0.39, 0.29) is 56.6 Å². The Morgan fingerprint density at radius 2 is 1.64 bits per heavy atom. The number of nitrogens with zero attached hydrogens (tertiary/aromatic N) is 1. The molecule has 2 unspecified atom stereocenters. The number of nitrogens with one attached hydrogen (secondary N) is 1. The largest absolute Gasteiger partial charge is 0.375 e. The Hall–Kier alpha value is -1.98. The third-order valence-corrected chi connectivity index (χ3v) is 11.7. The molecule has 2 aromatic rings. The molecule has 3 atom stereocenters. The van der Waals surface area contributed by atoms with Crippen LogP contribution in [0.2, 0.25) is 0 Å². The van der Waals surface area contributed by atoms with Gasteiger partial charge in [0.1, 0.15) is 17.7 Å². The van der Waals surface area contributed by atoms with Crippen molar-refractivity contribution in [2.24, 2.45) is 11.3 Å². The minimum atomic E-state index is -2.69. The van der Waals surface area contributed by atoms with Crippen molar-refractivity contribution in [1.29, 1.82) is 0 Å². The average Bonchev–Trinajstić information content (AvgIpc) is 3.85. The number of hydrogen-bond acceptors (Lipinski definition) is 3. The normalized spacial score (nSPS) is 28.0. The number of carbonyl (C=O) groups is 2. The van der Waals surface area contributed by atoms with Gasteiger partial charge in [-0.3, -0.25) is 9.59 Å². The summed E-state index contributed by atoms with van der Waals surface area (Å²) in [6, 6.07) is 8.66. The van der Waals surface area contributed by atoms with Gasteiger partial charge in [0.15, 0.2) is 0 Å². The molecule has 3 aliphatic carbocycles. The number of hydrogen-bond donors (Lipinski definition) is 1. The summed E-state index contributed by atoms with van der Waals surface area (Å²) >= 11 is 6.47. The second-order valence-corrected chi connectivity index (χ2v) is 14.6. The Morgan fingerprint density at radius 3 is 2.17 bits per heavy atom. The predicted octanol–water partition coefficient (Wildman–Crippen LogP) is 6.40. The molecular formula is C31H30Br2F4N2O3. The second kappa shape index (κ2) is 9.76. The maximum absolute atomic E-state index is 15.0. The van der Waals surface area contributed by atoms with Crippen molar-refractivity contribution < 1.29 is 31.9 Å². The van der Waals surface area contributed by atoms with Gasteiger partial charge in [-0.05, 0) is 89.8 Å². The van der Waals surface area contributed by atoms with Crippen LogP contribution in [-0.4, -0.2) is 54.5 Å². The van der Waals surface area contributed by atoms with Crippen LogP contribution in [0, 0.1) is 23.0 Å². The van der Waals surface area contributed by atoms with Gasteiger partial charge in [-0.25, -0.2) is 17.6 Å². The summed E-state index contributed by atoms with van der Waals surface area (Å²) < 4.78 is 64.5. The second-order valence-electron chi connectivity index (χ2n) is 12.9. The number of likely N-dealkylation sites (tertiary alicyclic amines) is 1. The summed E-state index contributed by atoms with van der Waals surface area (Å²) in [4.78, 5) is 29.5. The van der Waals surface area contributed by atoms with Gasteiger partial charge in [0.05, 0.1) is 23.1 Å². The zero-order chi connectivity index (χ0) is 29.7. The smallest absolute Gasteiger partial charge is 0.254 e. The highest BCUT2D eigenvalue weighted by atomic mass is 79.9. The fourth-order valence-electron chi connectivity index (χ4n) is 7.41. The molecule has 7 rings (SSSR count). The fraction of sp³-hybridized carbons (Fsp3) is 0.548. The van der Waals surface area contributed by atoms with Crippen molar-refractivity contribution in [3.63, 3.8) is 0 Å². The van der Waals surface area contributed by atoms with E-state index in [1.54, 1.807) is 29.2 Å². The number of piperidine rings is 1. The molecule has 2 amide bonds. The molecular weight excluding hydrogens is 684 g/mol. The van der Waals surface area contributed by atoms with Gasteiger partial charge in [-0.15, -0.1) is 0 Å². The Kier molecular flexibility index (Phi) is 6.69. The molecule has 11 heteroatoms. The Bertz CT molecular complexity index is 1470. The molecule has 5 nitrogen and oxygen atoms in total. The van der Waals surface area contributed by atoms with Crippen LogP contribution in [-0.2, 0) is 25.2 Å². The third kappa shape index (κ3) is 4.47. The zero-order valence-corrected chi connectivity index (χ0v) is 25.9. The zero-order valence-electron chi connectivity index (χ0n) is 22.7. The first-order valence-electron chi connectivity index (χ1n) is 14.4. The van der Waals surface area contributed by atoms with Crippen LogP contribution in [0.25, 0.3) is 0 Å². The van der Waals surface area contributed by atoms with E-state index in [0.717, 1.165) is 0 Å². The quantitative estimate of drug-likeness (QED) is 0.338. The molecule has 3 saturated carbocycles. The molecule has 0 aromatic heterocycles. The van der Waals surface area contributed by atoms with Crippen LogP contribution in [0.5, 0.6) is 0 Å². The molecule has 0 bridgehead atoms. The molecule has 5 aliphatic rings. The van der Waals surface area contributed by atoms with E-state index >= 15 is 0 Å². The lowest BCUT2D eigenvalue weighted by Gasteiger charge is -2.43. The van der Waals surface area contributed by atoms with Crippen molar-refractivity contribution in [2.75, 3.05) is 19.7 Å². The monoisotopic (exact) mass is 712 g/mol. The highest BCUT2D eigenvalue weighted by Gasteiger charge is 2.71. The van der Waals surface area contributed by atoms with E-state index in [2.05, 4.69) is 37.2 Å². The molecule has 224 valence electrons. The van der Waals surface area contributed by atoms with E-state index in [4.69, 9.17) is 4.74 Å². The van der Waals surface area contributed by atoms with Gasteiger partial charge >= 0.3 is 0 Å². The van der Waals surface area contributed by atoms with E-state index in [0.29, 0.717) is 45.8 Å². The Morgan fingerprint density at radius 1 is 0.952 bits per heavy atom. The number of carbonyl (C=O) groups excluding carboxylic acids is 2. The molecule has 5 fully saturated rings. The van der Waals surface area contributed by atoms with E-state index in [1.807, 2.05) is 0 Å². The average molecular weight is 714 g/mol. The highest BCUT2D eigenvalue weighted by Crippen LogP contribution is 2.66. The van der Waals surface area contributed by atoms with Crippen LogP contribution in [0.4, 0.5) is 17.6 Å². The van der Waals surface area contributed by atoms with Gasteiger partial charge in [-0.2, -0.15) is 0 Å². The Balaban J connectivity index is 1.14. The molecule has 2 aromatic carbocycles. The Labute approximate surface area is 258 Å². The SMILES string of the molecule is O=C(NC(C(=O)N1CCC2(CC1)CC2(F)F)C1(c2ccc(Br)c(F)c2)CC1)C1CO[C@H]1C1(c2ccc(Br)cc2F)CC1. The number of alkyl halides is 2. The molecule has 1 N–H and O–H groups in total. The lowest BCUT2D eigenvalue weighted by Crippen LogP contribution is -2.61. The lowest BCUT2D eigenvalue weighted by molar-refractivity contribution is -0.166. The first-order chi connectivity index (χ1) is 19.9. The van der Waals surface area contributed by atoms with Crippen molar-refractivity contribution in [2.45, 2.75) is 73.8 Å². The standard InChI is InChI=1S/C31H30Br2F4N2O3/c32-18-2-3-20(22(34)14-18)30(7-8-30)25-19(15-42-25)26(40)38-24(29(5-6-29)17-1-4-21(33)23(35)13-17)27(41)39-11-9-28(10-12-39)16-31(28,36)37/h1-4,13-14,19,24-25H,5-12,15-16H2,(H,38,40)/t19?,24?,25-/m1/s1. The molecule has 2 saturated heterocycles. The van der Waals surface area contributed by atoms with Crippen molar-refractivity contribution in [3.05, 3.63) is 68.1 Å². The minimum Gasteiger partial charge on any atom is -0.375 e. The van der Waals surface area contributed by atoms with Crippen LogP contribution in [0.3, 0.4) is 0 Å². The predicted molar refractivity (Wildman–Crippen MR) is 153 cm³/mol. The molecule has 1 spiro atoms. The third-order valence-electron chi connectivity index (χ3n) is 10.6. The van der Waals surface area contributed by atoms with Gasteiger partial charge in [0.25, 0.3) is 5.92 Å². The van der Waals surface area contributed by atoms with Crippen LogP contribution in [0.1, 0.15) is 56.1 Å². The van der Waals surface area contributed by atoms with Gasteiger partial charge < -0.3 is 15.0 Å². The van der Waals surface area contributed by atoms with Crippen LogP contribution >= 0.6 is 31.9 Å². The number of benzene rings is 2. The summed E-state index contributed by atoms with van der Waals surface area (Å²) in [5, 5.41) is 3.02. The first kappa shape index (κ1) is 28.8. The molecule has 0 radical (unpaired) electrons. The number of halogens is 6. The molecule has 2 aliphatic heterocycles. The van der Waals surface area contributed by atoms with E-state index in [1.165, 1.54) is 12.1 Å². The van der Waals surface area contributed by atoms with Crippen molar-refractivity contribution in [1.82, 2.24) is 10.2 Å². The maximum Gasteiger partial charge on any atom is 0.254 e. The summed E-state index contributed by atoms with van der Waals surface area (Å²) in [7, 11) is 0. The summed E-state index contributed by atoms with van der Waals surface area (Å²) in [6.07, 6.45) is 2.26. The van der Waals surface area contributed by atoms with Gasteiger partial charge in [-0.1, -0.05) is 28.1 Å². The topological polar surface area (TPSA) is 58.6 Å². The fourth-order valence-corrected chi connectivity index (χ4v) is 7.99. The minimum absolute atomic E-state index is 0.145. The van der Waals surface area contributed by atoms with E-state index < -0.39 is 46.0 Å². The van der Waals surface area contributed by atoms with Crippen molar-refractivity contribution >= 4 is 43.7 Å². The molecule has 42 heavy (non-hydrogen) atoms. The number of ether oxygens (including phenoxy) is 1. The van der Waals surface area contributed by atoms with Gasteiger partial charge in [0, 0.05) is 40.2 Å². The summed E-state index contributed by atoms with van der Waals surface area (Å²) in [6.45, 7) is 0.526. The summed E-state index contributed by atoms with van der Waals surface area (Å²) in [5.74, 6) is -4.79. The maximum atomic E-state index is 15.0. The molecule has 2 heterocycles. The van der Waals surface area contributed by atoms with E-state index in [9.17, 15) is 27.2 Å². The highest BCUT2D eigenvalue weighted by molar-refractivity contribution is 9.10. The van der Waals surface area contributed by atoms with Crippen LogP contribution < -0.4 is 5.32 Å². The van der Waals surface area contributed by atoms with Crippen LogP contribution in [0.15, 0.2) is 45.3 Å². The summed E-state index contributed by atoms with van der Waals surface area (Å²) in [5.41, 5.74) is -1.30. The number of amides is 2. The number of rotatable bonds is 7. The van der Waals surface area contributed by atoms with Gasteiger partial charge in [0.2, 0.25) is 11.8 Å². The van der Waals surface area contributed by atoms with Crippen molar-refractivity contribution in [3.8, 4) is 0 Å².